The molecular weight excluding hydrogens is 186 g/mol. The van der Waals surface area contributed by atoms with Crippen molar-refractivity contribution in [2.24, 2.45) is 5.92 Å². The van der Waals surface area contributed by atoms with Crippen LogP contribution in [-0.4, -0.2) is 18.1 Å². The fourth-order valence-corrected chi connectivity index (χ4v) is 2.17. The van der Waals surface area contributed by atoms with Gasteiger partial charge in [-0.25, -0.2) is 4.98 Å². The van der Waals surface area contributed by atoms with E-state index in [9.17, 15) is 0 Å². The molecule has 1 atom stereocenters. The molecule has 82 valence electrons. The van der Waals surface area contributed by atoms with Crippen molar-refractivity contribution in [3.63, 3.8) is 0 Å². The SMILES string of the molecule is CCC1CCN(c2nc(C)ccc2N)C1. The lowest BCUT2D eigenvalue weighted by atomic mass is 10.1. The van der Waals surface area contributed by atoms with E-state index in [1.165, 1.54) is 12.8 Å². The highest BCUT2D eigenvalue weighted by atomic mass is 15.2. The quantitative estimate of drug-likeness (QED) is 0.805. The van der Waals surface area contributed by atoms with E-state index in [2.05, 4.69) is 16.8 Å². The number of rotatable bonds is 2. The van der Waals surface area contributed by atoms with Crippen LogP contribution in [0.15, 0.2) is 12.1 Å². The standard InChI is InChI=1S/C12H19N3/c1-3-10-6-7-15(8-10)12-11(13)5-4-9(2)14-12/h4-5,10H,3,6-8,13H2,1-2H3. The number of aromatic nitrogens is 1. The van der Waals surface area contributed by atoms with Crippen molar-refractivity contribution in [2.45, 2.75) is 26.7 Å². The minimum absolute atomic E-state index is 0.803. The molecule has 1 aromatic rings. The van der Waals surface area contributed by atoms with Crippen LogP contribution >= 0.6 is 0 Å². The van der Waals surface area contributed by atoms with Gasteiger partial charge in [-0.3, -0.25) is 0 Å². The van der Waals surface area contributed by atoms with Crippen molar-refractivity contribution in [3.8, 4) is 0 Å². The highest BCUT2D eigenvalue weighted by Gasteiger charge is 2.23. The van der Waals surface area contributed by atoms with E-state index in [-0.39, 0.29) is 0 Å². The lowest BCUT2D eigenvalue weighted by Gasteiger charge is -2.19. The summed E-state index contributed by atoms with van der Waals surface area (Å²) in [5.74, 6) is 1.79. The van der Waals surface area contributed by atoms with Gasteiger partial charge < -0.3 is 10.6 Å². The molecule has 0 amide bonds. The van der Waals surface area contributed by atoms with Crippen molar-refractivity contribution >= 4 is 11.5 Å². The molecule has 1 saturated heterocycles. The van der Waals surface area contributed by atoms with Gasteiger partial charge in [-0.1, -0.05) is 13.3 Å². The van der Waals surface area contributed by atoms with Crippen molar-refractivity contribution in [2.75, 3.05) is 23.7 Å². The fourth-order valence-electron chi connectivity index (χ4n) is 2.17. The molecule has 0 aromatic carbocycles. The van der Waals surface area contributed by atoms with Gasteiger partial charge >= 0.3 is 0 Å². The molecule has 2 N–H and O–H groups in total. The first-order valence-electron chi connectivity index (χ1n) is 5.68. The Morgan fingerprint density at radius 2 is 2.33 bits per heavy atom. The van der Waals surface area contributed by atoms with Crippen molar-refractivity contribution in [1.29, 1.82) is 0 Å². The summed E-state index contributed by atoms with van der Waals surface area (Å²) < 4.78 is 0. The lowest BCUT2D eigenvalue weighted by molar-refractivity contribution is 0.569. The Morgan fingerprint density at radius 3 is 3.00 bits per heavy atom. The number of pyridine rings is 1. The molecule has 3 heteroatoms. The van der Waals surface area contributed by atoms with E-state index in [0.29, 0.717) is 0 Å². The van der Waals surface area contributed by atoms with E-state index in [0.717, 1.165) is 36.2 Å². The van der Waals surface area contributed by atoms with Gasteiger partial charge in [-0.05, 0) is 31.4 Å². The number of nitrogen functional groups attached to an aromatic ring is 1. The Hall–Kier alpha value is -1.25. The maximum atomic E-state index is 5.95. The fraction of sp³-hybridized carbons (Fsp3) is 0.583. The molecule has 3 nitrogen and oxygen atoms in total. The zero-order valence-electron chi connectivity index (χ0n) is 9.53. The van der Waals surface area contributed by atoms with E-state index in [1.807, 2.05) is 19.1 Å². The summed E-state index contributed by atoms with van der Waals surface area (Å²) in [7, 11) is 0. The number of anilines is 2. The average Bonchev–Trinajstić information content (AvgIpc) is 2.70. The summed E-state index contributed by atoms with van der Waals surface area (Å²) in [6.45, 7) is 6.47. The van der Waals surface area contributed by atoms with Gasteiger partial charge in [0.1, 0.15) is 0 Å². The van der Waals surface area contributed by atoms with Crippen LogP contribution in [0.5, 0.6) is 0 Å². The largest absolute Gasteiger partial charge is 0.396 e. The van der Waals surface area contributed by atoms with Crippen LogP contribution in [0.25, 0.3) is 0 Å². The third-order valence-corrected chi connectivity index (χ3v) is 3.21. The third kappa shape index (κ3) is 2.06. The molecule has 2 rings (SSSR count). The molecule has 0 aliphatic carbocycles. The highest BCUT2D eigenvalue weighted by Crippen LogP contribution is 2.28. The minimum Gasteiger partial charge on any atom is -0.396 e. The number of hydrogen-bond acceptors (Lipinski definition) is 3. The molecule has 1 aliphatic heterocycles. The van der Waals surface area contributed by atoms with Gasteiger partial charge in [-0.15, -0.1) is 0 Å². The second-order valence-electron chi connectivity index (χ2n) is 4.37. The molecule has 0 spiro atoms. The topological polar surface area (TPSA) is 42.2 Å². The zero-order valence-corrected chi connectivity index (χ0v) is 9.53. The van der Waals surface area contributed by atoms with E-state index in [1.54, 1.807) is 0 Å². The smallest absolute Gasteiger partial charge is 0.152 e. The van der Waals surface area contributed by atoms with Crippen LogP contribution in [0.2, 0.25) is 0 Å². The van der Waals surface area contributed by atoms with Gasteiger partial charge in [0.2, 0.25) is 0 Å². The van der Waals surface area contributed by atoms with Crippen molar-refractivity contribution < 1.29 is 0 Å². The summed E-state index contributed by atoms with van der Waals surface area (Å²) in [6, 6.07) is 3.92. The highest BCUT2D eigenvalue weighted by molar-refractivity contribution is 5.63. The molecule has 0 radical (unpaired) electrons. The predicted molar refractivity (Wildman–Crippen MR) is 64.0 cm³/mol. The summed E-state index contributed by atoms with van der Waals surface area (Å²) in [6.07, 6.45) is 2.52. The lowest BCUT2D eigenvalue weighted by Crippen LogP contribution is -2.22. The minimum atomic E-state index is 0.803. The molecule has 0 bridgehead atoms. The summed E-state index contributed by atoms with van der Waals surface area (Å²) in [5.41, 5.74) is 7.80. The monoisotopic (exact) mass is 205 g/mol. The van der Waals surface area contributed by atoms with Gasteiger partial charge in [0, 0.05) is 18.8 Å². The van der Waals surface area contributed by atoms with E-state index < -0.39 is 0 Å². The van der Waals surface area contributed by atoms with Crippen LogP contribution < -0.4 is 10.6 Å². The van der Waals surface area contributed by atoms with Crippen LogP contribution in [0, 0.1) is 12.8 Å². The second-order valence-corrected chi connectivity index (χ2v) is 4.37. The van der Waals surface area contributed by atoms with E-state index in [4.69, 9.17) is 5.73 Å². The summed E-state index contributed by atoms with van der Waals surface area (Å²) >= 11 is 0. The maximum Gasteiger partial charge on any atom is 0.152 e. The molecule has 1 aromatic heterocycles. The Labute approximate surface area is 91.3 Å². The molecular formula is C12H19N3. The summed E-state index contributed by atoms with van der Waals surface area (Å²) in [4.78, 5) is 6.84. The summed E-state index contributed by atoms with van der Waals surface area (Å²) in [5, 5.41) is 0. The van der Waals surface area contributed by atoms with Crippen molar-refractivity contribution in [1.82, 2.24) is 4.98 Å². The molecule has 1 unspecified atom stereocenters. The normalized spacial score (nSPS) is 20.9. The first-order valence-corrected chi connectivity index (χ1v) is 5.68. The van der Waals surface area contributed by atoms with Gasteiger partial charge in [0.25, 0.3) is 0 Å². The average molecular weight is 205 g/mol. The Kier molecular flexibility index (Phi) is 2.80. The maximum absolute atomic E-state index is 5.95. The Balaban J connectivity index is 2.19. The second kappa shape index (κ2) is 4.09. The van der Waals surface area contributed by atoms with Crippen LogP contribution in [-0.2, 0) is 0 Å². The first-order chi connectivity index (χ1) is 7.20. The van der Waals surface area contributed by atoms with Crippen LogP contribution in [0.1, 0.15) is 25.5 Å². The molecule has 15 heavy (non-hydrogen) atoms. The van der Waals surface area contributed by atoms with Gasteiger partial charge in [0.15, 0.2) is 5.82 Å². The number of nitrogens with two attached hydrogens (primary N) is 1. The number of aryl methyl sites for hydroxylation is 1. The number of hydrogen-bond donors (Lipinski definition) is 1. The Morgan fingerprint density at radius 1 is 1.53 bits per heavy atom. The van der Waals surface area contributed by atoms with Crippen LogP contribution in [0.3, 0.4) is 0 Å². The zero-order chi connectivity index (χ0) is 10.8. The molecule has 1 fully saturated rings. The first kappa shape index (κ1) is 10.3. The van der Waals surface area contributed by atoms with Crippen LogP contribution in [0.4, 0.5) is 11.5 Å². The molecule has 2 heterocycles. The third-order valence-electron chi connectivity index (χ3n) is 3.21. The van der Waals surface area contributed by atoms with Gasteiger partial charge in [-0.2, -0.15) is 0 Å². The molecule has 1 aliphatic rings. The van der Waals surface area contributed by atoms with Crippen molar-refractivity contribution in [3.05, 3.63) is 17.8 Å². The number of nitrogens with zero attached hydrogens (tertiary/aromatic N) is 2. The van der Waals surface area contributed by atoms with Gasteiger partial charge in [0.05, 0.1) is 5.69 Å². The van der Waals surface area contributed by atoms with E-state index >= 15 is 0 Å². The Bertz CT molecular complexity index is 349. The predicted octanol–water partition coefficient (Wildman–Crippen LogP) is 2.21. The molecule has 0 saturated carbocycles.